The van der Waals surface area contributed by atoms with Gasteiger partial charge in [-0.2, -0.15) is 0 Å². The average molecular weight is 531 g/mol. The van der Waals surface area contributed by atoms with Crippen LogP contribution in [0, 0.1) is 0 Å². The lowest BCUT2D eigenvalue weighted by Gasteiger charge is -2.18. The number of likely N-dealkylation sites (tertiary alicyclic amines) is 1. The van der Waals surface area contributed by atoms with E-state index in [4.69, 9.17) is 4.74 Å². The number of rotatable bonds is 17. The first-order chi connectivity index (χ1) is 19.1. The van der Waals surface area contributed by atoms with Crippen molar-refractivity contribution in [2.45, 2.75) is 96.4 Å². The van der Waals surface area contributed by atoms with Crippen LogP contribution in [0.5, 0.6) is 5.75 Å². The number of aromatic nitrogens is 1. The molecule has 0 bridgehead atoms. The molecule has 1 saturated heterocycles. The Labute approximate surface area is 237 Å². The highest BCUT2D eigenvalue weighted by atomic mass is 16.5. The highest BCUT2D eigenvalue weighted by Gasteiger charge is 2.23. The largest absolute Gasteiger partial charge is 0.497 e. The van der Waals surface area contributed by atoms with E-state index in [0.717, 1.165) is 61.7 Å². The van der Waals surface area contributed by atoms with E-state index in [1.165, 1.54) is 44.1 Å². The second-order valence-corrected chi connectivity index (χ2v) is 10.8. The van der Waals surface area contributed by atoms with Crippen LogP contribution in [0.15, 0.2) is 73.0 Å². The summed E-state index contributed by atoms with van der Waals surface area (Å²) >= 11 is 0. The Hall–Kier alpha value is -2.85. The fraction of sp³-hybridized carbons (Fsp3) is 0.514. The Morgan fingerprint density at radius 1 is 0.949 bits per heavy atom. The van der Waals surface area contributed by atoms with Gasteiger partial charge in [-0.15, -0.1) is 0 Å². The van der Waals surface area contributed by atoms with Crippen molar-refractivity contribution in [3.05, 3.63) is 78.6 Å². The number of benzene rings is 1. The molecule has 2 heterocycles. The van der Waals surface area contributed by atoms with Gasteiger partial charge >= 0.3 is 0 Å². The van der Waals surface area contributed by atoms with Crippen LogP contribution in [0.1, 0.15) is 94.3 Å². The van der Waals surface area contributed by atoms with Crippen molar-refractivity contribution in [1.29, 1.82) is 0 Å². The molecule has 0 N–H and O–H groups in total. The van der Waals surface area contributed by atoms with Crippen LogP contribution in [0.4, 0.5) is 0 Å². The number of nitrogens with zero attached hydrogens (tertiary/aromatic N) is 2. The molecule has 1 fully saturated rings. The maximum absolute atomic E-state index is 13.2. The van der Waals surface area contributed by atoms with E-state index in [-0.39, 0.29) is 5.91 Å². The molecule has 1 aromatic carbocycles. The quantitative estimate of drug-likeness (QED) is 0.151. The minimum Gasteiger partial charge on any atom is -0.497 e. The molecule has 1 aromatic heterocycles. The van der Waals surface area contributed by atoms with Gasteiger partial charge in [0.2, 0.25) is 5.91 Å². The predicted octanol–water partition coefficient (Wildman–Crippen LogP) is 9.07. The lowest BCUT2D eigenvalue weighted by molar-refractivity contribution is 0.0905. The number of likely N-dealkylation sites (N-methyl/N-ethyl adjacent to an activating group) is 1. The lowest BCUT2D eigenvalue weighted by atomic mass is 10.0. The molecular formula is C35H50N2O2. The maximum atomic E-state index is 13.2. The summed E-state index contributed by atoms with van der Waals surface area (Å²) in [5, 5.41) is 1.14. The van der Waals surface area contributed by atoms with E-state index in [1.807, 2.05) is 16.7 Å². The summed E-state index contributed by atoms with van der Waals surface area (Å²) in [5.74, 6) is 1.02. The first kappa shape index (κ1) is 30.7. The number of allylic oxidation sites excluding steroid dienone is 8. The highest BCUT2D eigenvalue weighted by Crippen LogP contribution is 2.30. The van der Waals surface area contributed by atoms with Crippen LogP contribution < -0.4 is 4.74 Å². The number of methoxy groups -OCH3 is 1. The predicted molar refractivity (Wildman–Crippen MR) is 167 cm³/mol. The fourth-order valence-corrected chi connectivity index (χ4v) is 5.32. The molecule has 39 heavy (non-hydrogen) atoms. The van der Waals surface area contributed by atoms with Gasteiger partial charge < -0.3 is 9.64 Å². The lowest BCUT2D eigenvalue weighted by Crippen LogP contribution is -2.26. The number of ether oxygens (including phenoxy) is 1. The molecule has 0 aliphatic carbocycles. The molecule has 0 amide bonds. The van der Waals surface area contributed by atoms with Gasteiger partial charge in [0, 0.05) is 24.0 Å². The molecule has 4 nitrogen and oxygen atoms in total. The van der Waals surface area contributed by atoms with E-state index in [9.17, 15) is 4.79 Å². The van der Waals surface area contributed by atoms with Gasteiger partial charge in [0.25, 0.3) is 0 Å². The molecule has 1 aliphatic rings. The third-order valence-corrected chi connectivity index (χ3v) is 7.71. The van der Waals surface area contributed by atoms with E-state index in [0.29, 0.717) is 12.5 Å². The summed E-state index contributed by atoms with van der Waals surface area (Å²) < 4.78 is 7.36. The first-order valence-electron chi connectivity index (χ1n) is 15.2. The molecule has 0 saturated carbocycles. The van der Waals surface area contributed by atoms with Crippen LogP contribution in [0.2, 0.25) is 0 Å². The van der Waals surface area contributed by atoms with E-state index in [2.05, 4.69) is 79.7 Å². The second kappa shape index (κ2) is 17.7. The molecular weight excluding hydrogens is 480 g/mol. The number of unbranched alkanes of at least 4 members (excludes halogenated alkanes) is 4. The van der Waals surface area contributed by atoms with Crippen molar-refractivity contribution in [1.82, 2.24) is 9.47 Å². The van der Waals surface area contributed by atoms with Crippen LogP contribution in [-0.4, -0.2) is 42.1 Å². The smallest absolute Gasteiger partial charge is 0.231 e. The number of carbonyl (C=O) groups excluding carboxylic acids is 1. The van der Waals surface area contributed by atoms with Crippen LogP contribution in [0.25, 0.3) is 10.9 Å². The maximum Gasteiger partial charge on any atom is 0.231 e. The summed E-state index contributed by atoms with van der Waals surface area (Å²) in [6.07, 6.45) is 33.9. The molecule has 0 radical (unpaired) electrons. The molecule has 0 unspecified atom stereocenters. The average Bonchev–Trinajstić information content (AvgIpc) is 3.52. The third-order valence-electron chi connectivity index (χ3n) is 7.71. The van der Waals surface area contributed by atoms with Crippen molar-refractivity contribution in [3.63, 3.8) is 0 Å². The zero-order valence-corrected chi connectivity index (χ0v) is 24.6. The summed E-state index contributed by atoms with van der Waals surface area (Å²) in [6, 6.07) is 6.61. The molecule has 0 spiro atoms. The number of carbonyl (C=O) groups is 1. The Balaban J connectivity index is 1.39. The van der Waals surface area contributed by atoms with Crippen molar-refractivity contribution >= 4 is 16.8 Å². The number of hydrogen-bond donors (Lipinski definition) is 0. The van der Waals surface area contributed by atoms with Gasteiger partial charge in [0.15, 0.2) is 0 Å². The van der Waals surface area contributed by atoms with Crippen LogP contribution in [0.3, 0.4) is 0 Å². The van der Waals surface area contributed by atoms with Gasteiger partial charge in [0.1, 0.15) is 5.75 Å². The topological polar surface area (TPSA) is 34.5 Å². The monoisotopic (exact) mass is 530 g/mol. The van der Waals surface area contributed by atoms with Crippen molar-refractivity contribution in [2.75, 3.05) is 20.7 Å². The standard InChI is InChI=1S/C35H50N2O2/c1-4-5-6-7-8-9-10-11-12-13-14-15-16-17-18-19-20-23-35(38)37-29-30(27-31-22-21-26-36(31)2)33-28-32(39-3)24-25-34(33)37/h8-9,11-12,14-15,17-18,24-25,28-29,31H,4-7,10,13,16,19-23,26-27H2,1-3H3/b9-8-,12-11-,15-14-,18-17-/t31-/m1/s1. The first-order valence-corrected chi connectivity index (χ1v) is 15.2. The van der Waals surface area contributed by atoms with Crippen LogP contribution in [-0.2, 0) is 6.42 Å². The summed E-state index contributed by atoms with van der Waals surface area (Å²) in [6.45, 7) is 3.40. The fourth-order valence-electron chi connectivity index (χ4n) is 5.32. The Bertz CT molecular complexity index is 1120. The number of fused-ring (bicyclic) bond motifs is 1. The molecule has 2 aromatic rings. The van der Waals surface area contributed by atoms with E-state index in [1.54, 1.807) is 7.11 Å². The molecule has 3 rings (SSSR count). The molecule has 212 valence electrons. The Kier molecular flexibility index (Phi) is 13.9. The zero-order valence-electron chi connectivity index (χ0n) is 24.6. The van der Waals surface area contributed by atoms with Crippen molar-refractivity contribution in [2.24, 2.45) is 0 Å². The third kappa shape index (κ3) is 10.3. The SMILES string of the molecule is CCCCC/C=C\C/C=C\C/C=C\C/C=C\CCCC(=O)n1cc(C[C@H]2CCCN2C)c2cc(OC)ccc21. The molecule has 4 heteroatoms. The van der Waals surface area contributed by atoms with Gasteiger partial charge in [-0.25, -0.2) is 0 Å². The summed E-state index contributed by atoms with van der Waals surface area (Å²) in [4.78, 5) is 15.6. The van der Waals surface area contributed by atoms with Gasteiger partial charge in [-0.3, -0.25) is 9.36 Å². The molecule has 1 atom stereocenters. The highest BCUT2D eigenvalue weighted by molar-refractivity contribution is 5.95. The Morgan fingerprint density at radius 2 is 1.62 bits per heavy atom. The van der Waals surface area contributed by atoms with Crippen molar-refractivity contribution in [3.8, 4) is 5.75 Å². The van der Waals surface area contributed by atoms with Crippen LogP contribution >= 0.6 is 0 Å². The van der Waals surface area contributed by atoms with Gasteiger partial charge in [-0.05, 0) is 102 Å². The van der Waals surface area contributed by atoms with Gasteiger partial charge in [-0.1, -0.05) is 68.4 Å². The van der Waals surface area contributed by atoms with E-state index >= 15 is 0 Å². The summed E-state index contributed by atoms with van der Waals surface area (Å²) in [5.41, 5.74) is 2.24. The normalized spacial score (nSPS) is 16.7. The minimum atomic E-state index is 0.173. The number of hydrogen-bond acceptors (Lipinski definition) is 3. The minimum absolute atomic E-state index is 0.173. The van der Waals surface area contributed by atoms with E-state index < -0.39 is 0 Å². The Morgan fingerprint density at radius 3 is 2.23 bits per heavy atom. The van der Waals surface area contributed by atoms with Crippen molar-refractivity contribution < 1.29 is 9.53 Å². The van der Waals surface area contributed by atoms with Gasteiger partial charge in [0.05, 0.1) is 12.6 Å². The summed E-state index contributed by atoms with van der Waals surface area (Å²) in [7, 11) is 3.91. The second-order valence-electron chi connectivity index (χ2n) is 10.8. The zero-order chi connectivity index (χ0) is 27.7. The molecule has 1 aliphatic heterocycles.